The number of fused-ring (bicyclic) bond motifs is 1. The molecule has 1 fully saturated rings. The highest BCUT2D eigenvalue weighted by molar-refractivity contribution is 5.95. The summed E-state index contributed by atoms with van der Waals surface area (Å²) in [5.74, 6) is 0.543. The van der Waals surface area contributed by atoms with Crippen molar-refractivity contribution < 1.29 is 9.21 Å². The van der Waals surface area contributed by atoms with Crippen LogP contribution < -0.4 is 5.32 Å². The van der Waals surface area contributed by atoms with Crippen LogP contribution in [0.5, 0.6) is 0 Å². The van der Waals surface area contributed by atoms with E-state index in [0.717, 1.165) is 48.9 Å². The number of amides is 1. The Morgan fingerprint density at radius 2 is 2.28 bits per heavy atom. The average Bonchev–Trinajstić information content (AvgIpc) is 3.04. The van der Waals surface area contributed by atoms with Gasteiger partial charge in [0.15, 0.2) is 12.0 Å². The first kappa shape index (κ1) is 17.7. The maximum Gasteiger partial charge on any atom is 0.228 e. The highest BCUT2D eigenvalue weighted by Crippen LogP contribution is 2.51. The van der Waals surface area contributed by atoms with E-state index in [1.54, 1.807) is 0 Å². The van der Waals surface area contributed by atoms with E-state index in [4.69, 9.17) is 4.42 Å². The van der Waals surface area contributed by atoms with E-state index in [9.17, 15) is 4.79 Å². The number of anilines is 1. The smallest absolute Gasteiger partial charge is 0.228 e. The average molecular weight is 340 g/mol. The molecule has 4 nitrogen and oxygen atoms in total. The summed E-state index contributed by atoms with van der Waals surface area (Å²) in [5.41, 5.74) is 3.51. The van der Waals surface area contributed by atoms with Crippen molar-refractivity contribution in [2.45, 2.75) is 52.9 Å². The second-order valence-electron chi connectivity index (χ2n) is 7.67. The largest absolute Gasteiger partial charge is 0.443 e. The van der Waals surface area contributed by atoms with Crippen LogP contribution in [0.15, 0.2) is 41.2 Å². The van der Waals surface area contributed by atoms with Gasteiger partial charge in [0.05, 0.1) is 0 Å². The Hall–Kier alpha value is -2.10. The minimum Gasteiger partial charge on any atom is -0.443 e. The molecule has 0 aliphatic heterocycles. The summed E-state index contributed by atoms with van der Waals surface area (Å²) >= 11 is 0. The molecule has 1 aromatic heterocycles. The number of nitrogens with one attached hydrogen (secondary N) is 1. The molecule has 1 aromatic carbocycles. The Balaban J connectivity index is 1.86. The van der Waals surface area contributed by atoms with Gasteiger partial charge in [-0.1, -0.05) is 39.3 Å². The molecule has 0 saturated heterocycles. The predicted octanol–water partition coefficient (Wildman–Crippen LogP) is 5.57. The van der Waals surface area contributed by atoms with E-state index in [1.165, 1.54) is 12.0 Å². The Kier molecular flexibility index (Phi) is 4.98. The lowest BCUT2D eigenvalue weighted by atomic mass is 9.57. The summed E-state index contributed by atoms with van der Waals surface area (Å²) in [6, 6.07) is 5.59. The van der Waals surface area contributed by atoms with Gasteiger partial charge in [-0.15, -0.1) is 0 Å². The Morgan fingerprint density at radius 3 is 3.00 bits per heavy atom. The maximum atomic E-state index is 13.2. The van der Waals surface area contributed by atoms with Crippen LogP contribution in [0.4, 0.5) is 5.69 Å². The second-order valence-corrected chi connectivity index (χ2v) is 7.67. The second kappa shape index (κ2) is 7.03. The standard InChI is InChI=1S/C21H28N2O2/c1-5-9-21(14(2)3)10-8-15(4)11-17(21)20(24)23-16-6-7-19-18(12-16)22-13-25-19/h6-7,12-14,17H,4-5,8-11H2,1-3H3,(H,23,24)/t17?,21-/m1/s1. The lowest BCUT2D eigenvalue weighted by Crippen LogP contribution is -2.45. The third-order valence-electron chi connectivity index (χ3n) is 5.91. The molecule has 1 amide bonds. The first-order valence-electron chi connectivity index (χ1n) is 9.27. The number of oxazole rings is 1. The number of nitrogens with zero attached hydrogens (tertiary/aromatic N) is 1. The number of allylic oxidation sites excluding steroid dienone is 1. The minimum absolute atomic E-state index is 0.0262. The minimum atomic E-state index is -0.0262. The van der Waals surface area contributed by atoms with E-state index < -0.39 is 0 Å². The van der Waals surface area contributed by atoms with Crippen molar-refractivity contribution in [3.05, 3.63) is 36.7 Å². The zero-order valence-electron chi connectivity index (χ0n) is 15.5. The topological polar surface area (TPSA) is 55.1 Å². The van der Waals surface area contributed by atoms with Gasteiger partial charge in [-0.25, -0.2) is 4.98 Å². The predicted molar refractivity (Wildman–Crippen MR) is 101 cm³/mol. The number of aromatic nitrogens is 1. The Labute approximate surface area is 149 Å². The van der Waals surface area contributed by atoms with Gasteiger partial charge in [0, 0.05) is 11.6 Å². The molecule has 4 heteroatoms. The van der Waals surface area contributed by atoms with Gasteiger partial charge in [0.2, 0.25) is 5.91 Å². The zero-order chi connectivity index (χ0) is 18.0. The lowest BCUT2D eigenvalue weighted by Gasteiger charge is -2.47. The summed E-state index contributed by atoms with van der Waals surface area (Å²) in [7, 11) is 0. The highest BCUT2D eigenvalue weighted by atomic mass is 16.3. The van der Waals surface area contributed by atoms with Gasteiger partial charge in [-0.2, -0.15) is 0 Å². The van der Waals surface area contributed by atoms with E-state index in [0.29, 0.717) is 5.92 Å². The number of hydrogen-bond donors (Lipinski definition) is 1. The van der Waals surface area contributed by atoms with E-state index in [-0.39, 0.29) is 17.2 Å². The molecule has 0 radical (unpaired) electrons. The molecule has 1 N–H and O–H groups in total. The van der Waals surface area contributed by atoms with Crippen LogP contribution in [-0.4, -0.2) is 10.9 Å². The van der Waals surface area contributed by atoms with Gasteiger partial charge >= 0.3 is 0 Å². The molecule has 1 heterocycles. The Bertz CT molecular complexity index is 777. The summed E-state index contributed by atoms with van der Waals surface area (Å²) in [5, 5.41) is 3.12. The summed E-state index contributed by atoms with van der Waals surface area (Å²) in [4.78, 5) is 17.4. The maximum absolute atomic E-state index is 13.2. The number of hydrogen-bond acceptors (Lipinski definition) is 3. The normalized spacial score (nSPS) is 24.0. The molecule has 0 bridgehead atoms. The van der Waals surface area contributed by atoms with Gasteiger partial charge in [-0.3, -0.25) is 4.79 Å². The monoisotopic (exact) mass is 340 g/mol. The molecule has 2 aromatic rings. The summed E-state index contributed by atoms with van der Waals surface area (Å²) < 4.78 is 5.27. The molecule has 134 valence electrons. The van der Waals surface area contributed by atoms with Gasteiger partial charge in [0.25, 0.3) is 0 Å². The van der Waals surface area contributed by atoms with Crippen LogP contribution in [0.1, 0.15) is 52.9 Å². The molecule has 1 aliphatic rings. The van der Waals surface area contributed by atoms with Crippen molar-refractivity contribution >= 4 is 22.7 Å². The van der Waals surface area contributed by atoms with Crippen LogP contribution in [0.2, 0.25) is 0 Å². The fraction of sp³-hybridized carbons (Fsp3) is 0.524. The van der Waals surface area contributed by atoms with E-state index in [2.05, 4.69) is 37.7 Å². The fourth-order valence-electron chi connectivity index (χ4n) is 4.44. The first-order chi connectivity index (χ1) is 12.0. The van der Waals surface area contributed by atoms with Gasteiger partial charge in [-0.05, 0) is 55.2 Å². The number of carbonyl (C=O) groups excluding carboxylic acids is 1. The lowest BCUT2D eigenvalue weighted by molar-refractivity contribution is -0.127. The van der Waals surface area contributed by atoms with Crippen LogP contribution in [0.3, 0.4) is 0 Å². The highest BCUT2D eigenvalue weighted by Gasteiger charge is 2.46. The molecule has 2 atom stereocenters. The van der Waals surface area contributed by atoms with Gasteiger partial charge in [0.1, 0.15) is 5.52 Å². The van der Waals surface area contributed by atoms with Crippen LogP contribution in [0, 0.1) is 17.3 Å². The Morgan fingerprint density at radius 1 is 1.48 bits per heavy atom. The van der Waals surface area contributed by atoms with Crippen molar-refractivity contribution in [2.75, 3.05) is 5.32 Å². The SMILES string of the molecule is C=C1CC[C@](CCC)(C(C)C)C(C(=O)Nc2ccc3ocnc3c2)C1. The van der Waals surface area contributed by atoms with Crippen molar-refractivity contribution in [1.82, 2.24) is 4.98 Å². The van der Waals surface area contributed by atoms with Crippen molar-refractivity contribution in [1.29, 1.82) is 0 Å². The molecule has 25 heavy (non-hydrogen) atoms. The van der Waals surface area contributed by atoms with Crippen molar-refractivity contribution in [3.8, 4) is 0 Å². The first-order valence-corrected chi connectivity index (χ1v) is 9.27. The molecular formula is C21H28N2O2. The van der Waals surface area contributed by atoms with Crippen LogP contribution >= 0.6 is 0 Å². The van der Waals surface area contributed by atoms with Crippen LogP contribution in [-0.2, 0) is 4.79 Å². The van der Waals surface area contributed by atoms with E-state index in [1.807, 2.05) is 18.2 Å². The number of rotatable bonds is 5. The van der Waals surface area contributed by atoms with Gasteiger partial charge < -0.3 is 9.73 Å². The number of benzene rings is 1. The quantitative estimate of drug-likeness (QED) is 0.724. The number of carbonyl (C=O) groups is 1. The molecule has 1 aliphatic carbocycles. The summed E-state index contributed by atoms with van der Waals surface area (Å²) in [6.07, 6.45) is 6.48. The third kappa shape index (κ3) is 3.35. The molecular weight excluding hydrogens is 312 g/mol. The molecule has 1 saturated carbocycles. The molecule has 1 unspecified atom stereocenters. The van der Waals surface area contributed by atoms with Crippen molar-refractivity contribution in [2.24, 2.45) is 17.3 Å². The molecule has 0 spiro atoms. The molecule has 3 rings (SSSR count). The summed E-state index contributed by atoms with van der Waals surface area (Å²) in [6.45, 7) is 10.9. The van der Waals surface area contributed by atoms with Crippen molar-refractivity contribution in [3.63, 3.8) is 0 Å². The van der Waals surface area contributed by atoms with Crippen LogP contribution in [0.25, 0.3) is 11.1 Å². The third-order valence-corrected chi connectivity index (χ3v) is 5.91. The fourth-order valence-corrected chi connectivity index (χ4v) is 4.44. The van der Waals surface area contributed by atoms with E-state index >= 15 is 0 Å². The zero-order valence-corrected chi connectivity index (χ0v) is 15.5.